The Hall–Kier alpha value is -3.35. The van der Waals surface area contributed by atoms with Crippen LogP contribution < -0.4 is 0 Å². The number of benzene rings is 1. The van der Waals surface area contributed by atoms with Crippen molar-refractivity contribution in [3.05, 3.63) is 69.0 Å². The number of alkyl halides is 6. The molecule has 0 saturated carbocycles. The summed E-state index contributed by atoms with van der Waals surface area (Å²) in [6.45, 7) is -0.474. The topological polar surface area (TPSA) is 112 Å². The first-order chi connectivity index (χ1) is 20.3. The van der Waals surface area contributed by atoms with Crippen molar-refractivity contribution in [3.63, 3.8) is 0 Å². The van der Waals surface area contributed by atoms with E-state index in [4.69, 9.17) is 0 Å². The second-order valence-electron chi connectivity index (χ2n) is 8.73. The van der Waals surface area contributed by atoms with Crippen molar-refractivity contribution in [2.75, 3.05) is 13.4 Å². The molecule has 18 heteroatoms. The summed E-state index contributed by atoms with van der Waals surface area (Å²) in [7, 11) is -2.27. The zero-order valence-electron chi connectivity index (χ0n) is 22.3. The van der Waals surface area contributed by atoms with Gasteiger partial charge in [0, 0.05) is 11.1 Å². The summed E-state index contributed by atoms with van der Waals surface area (Å²) in [6.07, 6.45) is -9.64. The number of carbonyl (C=O) groups is 3. The van der Waals surface area contributed by atoms with Crippen LogP contribution in [0.1, 0.15) is 21.8 Å². The first-order valence-corrected chi connectivity index (χ1v) is 16.1. The predicted molar refractivity (Wildman–Crippen MR) is 153 cm³/mol. The molecule has 3 aromatic heterocycles. The van der Waals surface area contributed by atoms with Gasteiger partial charge in [0.25, 0.3) is 0 Å². The van der Waals surface area contributed by atoms with Gasteiger partial charge in [-0.05, 0) is 64.0 Å². The molecule has 236 valence electrons. The quantitative estimate of drug-likeness (QED) is 0.0820. The highest BCUT2D eigenvalue weighted by Gasteiger charge is 2.39. The summed E-state index contributed by atoms with van der Waals surface area (Å²) in [6, 6.07) is 13.3. The number of esters is 1. The first kappa shape index (κ1) is 35.1. The fraction of sp³-hybridized carbons (Fsp3) is 0.231. The summed E-state index contributed by atoms with van der Waals surface area (Å²) >= 11 is 5.22. The van der Waals surface area contributed by atoms with E-state index in [0.717, 1.165) is 46.8 Å². The van der Waals surface area contributed by atoms with E-state index in [2.05, 4.69) is 25.8 Å². The SMILES string of the molecule is COC(=O)Cn1nc(C(F)(F)F)cc1-c1ccc(-c2cccc(S(C)(=O)=O)c2)s1.O=C(CC(=O)C(F)(F)F)c1ccc(Br)s1. The zero-order chi connectivity index (χ0) is 33.0. The molecule has 0 unspecified atom stereocenters. The Labute approximate surface area is 262 Å². The number of ether oxygens (including phenoxy) is 1. The van der Waals surface area contributed by atoms with Gasteiger partial charge in [-0.3, -0.25) is 19.1 Å². The van der Waals surface area contributed by atoms with Crippen LogP contribution in [0.25, 0.3) is 21.0 Å². The van der Waals surface area contributed by atoms with Gasteiger partial charge in [0.15, 0.2) is 21.3 Å². The molecule has 0 atom stereocenters. The molecule has 0 fully saturated rings. The highest BCUT2D eigenvalue weighted by atomic mass is 79.9. The van der Waals surface area contributed by atoms with Gasteiger partial charge in [-0.2, -0.15) is 31.4 Å². The van der Waals surface area contributed by atoms with Gasteiger partial charge in [0.1, 0.15) is 6.54 Å². The lowest BCUT2D eigenvalue weighted by Gasteiger charge is -2.05. The van der Waals surface area contributed by atoms with Crippen molar-refractivity contribution in [3.8, 4) is 21.0 Å². The molecular weight excluding hydrogens is 726 g/mol. The van der Waals surface area contributed by atoms with Crippen molar-refractivity contribution < 1.29 is 53.9 Å². The largest absolute Gasteiger partial charge is 0.468 e. The Morgan fingerprint density at radius 2 is 1.61 bits per heavy atom. The predicted octanol–water partition coefficient (Wildman–Crippen LogP) is 7.09. The number of ketones is 2. The van der Waals surface area contributed by atoms with Crippen LogP contribution in [0.2, 0.25) is 0 Å². The van der Waals surface area contributed by atoms with Crippen molar-refractivity contribution >= 4 is 66.0 Å². The smallest absolute Gasteiger partial charge is 0.450 e. The Balaban J connectivity index is 0.000000297. The van der Waals surface area contributed by atoms with Gasteiger partial charge in [-0.1, -0.05) is 12.1 Å². The maximum Gasteiger partial charge on any atom is 0.450 e. The standard InChI is InChI=1S/C18H15F3N2O4S2.C8H4BrF3O2S/c1-27-17(24)10-23-13(9-16(22-23)18(19,20)21)15-7-6-14(28-15)11-4-3-5-12(8-11)29(2,25)26;9-7-2-1-5(15-7)4(13)3-6(14)8(10,11)12/h3-9H,10H2,1-2H3;1-2H,3H2. The normalized spacial score (nSPS) is 11.9. The van der Waals surface area contributed by atoms with Gasteiger partial charge in [-0.25, -0.2) is 8.42 Å². The molecule has 8 nitrogen and oxygen atoms in total. The third kappa shape index (κ3) is 9.33. The first-order valence-electron chi connectivity index (χ1n) is 11.8. The summed E-state index contributed by atoms with van der Waals surface area (Å²) in [5.74, 6) is -3.56. The van der Waals surface area contributed by atoms with Gasteiger partial charge < -0.3 is 4.74 Å². The highest BCUT2D eigenvalue weighted by Crippen LogP contribution is 2.38. The number of thiophene rings is 2. The van der Waals surface area contributed by atoms with Crippen molar-refractivity contribution in [2.24, 2.45) is 0 Å². The maximum absolute atomic E-state index is 13.1. The second-order valence-corrected chi connectivity index (χ2v) is 14.3. The van der Waals surface area contributed by atoms with Crippen LogP contribution >= 0.6 is 38.6 Å². The Bertz CT molecular complexity index is 1790. The fourth-order valence-corrected chi connectivity index (χ4v) is 6.38. The molecule has 0 aliphatic rings. The molecule has 4 rings (SSSR count). The number of methoxy groups -OCH3 is 1. The second kappa shape index (κ2) is 13.7. The lowest BCUT2D eigenvalue weighted by Crippen LogP contribution is -2.25. The van der Waals surface area contributed by atoms with Crippen molar-refractivity contribution in [1.29, 1.82) is 0 Å². The minimum absolute atomic E-state index is 0.109. The molecule has 4 aromatic rings. The van der Waals surface area contributed by atoms with Crippen LogP contribution in [-0.4, -0.2) is 55.3 Å². The number of halogens is 7. The Morgan fingerprint density at radius 1 is 0.955 bits per heavy atom. The molecule has 0 bridgehead atoms. The molecule has 1 aromatic carbocycles. The van der Waals surface area contributed by atoms with Crippen LogP contribution in [0.4, 0.5) is 26.3 Å². The highest BCUT2D eigenvalue weighted by molar-refractivity contribution is 9.11. The number of aromatic nitrogens is 2. The third-order valence-electron chi connectivity index (χ3n) is 5.47. The number of hydrogen-bond acceptors (Lipinski definition) is 9. The summed E-state index contributed by atoms with van der Waals surface area (Å²) in [5.41, 5.74) is -0.400. The monoisotopic (exact) mass is 744 g/mol. The van der Waals surface area contributed by atoms with E-state index in [0.29, 0.717) is 19.1 Å². The lowest BCUT2D eigenvalue weighted by atomic mass is 10.2. The minimum atomic E-state index is -4.94. The Morgan fingerprint density at radius 3 is 2.16 bits per heavy atom. The molecule has 0 saturated heterocycles. The van der Waals surface area contributed by atoms with E-state index in [9.17, 15) is 49.1 Å². The average molecular weight is 746 g/mol. The molecule has 0 spiro atoms. The number of sulfone groups is 1. The molecular formula is C26H19BrF6N2O6S3. The van der Waals surface area contributed by atoms with Crippen LogP contribution in [0.3, 0.4) is 0 Å². The number of hydrogen-bond donors (Lipinski definition) is 0. The molecule has 3 heterocycles. The maximum atomic E-state index is 13.1. The van der Waals surface area contributed by atoms with E-state index in [-0.39, 0.29) is 15.5 Å². The molecule has 0 radical (unpaired) electrons. The van der Waals surface area contributed by atoms with E-state index in [1.54, 1.807) is 24.3 Å². The molecule has 0 amide bonds. The minimum Gasteiger partial charge on any atom is -0.468 e. The van der Waals surface area contributed by atoms with Crippen LogP contribution in [0.15, 0.2) is 63.3 Å². The molecule has 0 N–H and O–H groups in total. The van der Waals surface area contributed by atoms with Crippen molar-refractivity contribution in [2.45, 2.75) is 30.2 Å². The van der Waals surface area contributed by atoms with Gasteiger partial charge >= 0.3 is 18.3 Å². The van der Waals surface area contributed by atoms with Gasteiger partial charge in [0.2, 0.25) is 5.78 Å². The Kier molecular flexibility index (Phi) is 11.0. The third-order valence-corrected chi connectivity index (χ3v) is 9.40. The zero-order valence-corrected chi connectivity index (χ0v) is 26.4. The van der Waals surface area contributed by atoms with Crippen LogP contribution in [0, 0.1) is 0 Å². The number of Topliss-reactive ketones (excluding diaryl/α,β-unsaturated/α-hetero) is 2. The molecule has 0 aliphatic carbocycles. The van der Waals surface area contributed by atoms with Crippen LogP contribution in [0.5, 0.6) is 0 Å². The average Bonchev–Trinajstić information content (AvgIpc) is 3.67. The summed E-state index contributed by atoms with van der Waals surface area (Å²) in [5, 5.41) is 3.49. The molecule has 0 aliphatic heterocycles. The number of carbonyl (C=O) groups excluding carboxylic acids is 3. The number of rotatable bonds is 8. The van der Waals surface area contributed by atoms with E-state index >= 15 is 0 Å². The lowest BCUT2D eigenvalue weighted by molar-refractivity contribution is -0.170. The van der Waals surface area contributed by atoms with Gasteiger partial charge in [0.05, 0.1) is 37.7 Å². The van der Waals surface area contributed by atoms with E-state index < -0.39 is 58.4 Å². The number of nitrogens with zero attached hydrogens (tertiary/aromatic N) is 2. The van der Waals surface area contributed by atoms with Crippen LogP contribution in [-0.2, 0) is 36.9 Å². The summed E-state index contributed by atoms with van der Waals surface area (Å²) < 4.78 is 104. The fourth-order valence-electron chi connectivity index (χ4n) is 3.37. The van der Waals surface area contributed by atoms with E-state index in [1.807, 2.05) is 0 Å². The summed E-state index contributed by atoms with van der Waals surface area (Å²) in [4.78, 5) is 34.6. The molecule has 44 heavy (non-hydrogen) atoms. The van der Waals surface area contributed by atoms with E-state index in [1.165, 1.54) is 24.3 Å². The van der Waals surface area contributed by atoms with Gasteiger partial charge in [-0.15, -0.1) is 22.7 Å². The van der Waals surface area contributed by atoms with Crippen molar-refractivity contribution in [1.82, 2.24) is 9.78 Å².